The monoisotopic (exact) mass is 490 g/mol. The Labute approximate surface area is 205 Å². The first kappa shape index (κ1) is 24.5. The predicted molar refractivity (Wildman–Crippen MR) is 132 cm³/mol. The van der Waals surface area contributed by atoms with E-state index in [1.165, 1.54) is 29.6 Å². The molecule has 0 N–H and O–H groups in total. The van der Waals surface area contributed by atoms with Gasteiger partial charge in [-0.15, -0.1) is 0 Å². The van der Waals surface area contributed by atoms with E-state index in [1.807, 2.05) is 31.2 Å². The molecule has 0 saturated carbocycles. The molecule has 180 valence electrons. The molecule has 0 radical (unpaired) electrons. The number of ether oxygens (including phenoxy) is 2. The average molecular weight is 491 g/mol. The number of carbonyl (C=O) groups is 1. The van der Waals surface area contributed by atoms with Gasteiger partial charge in [0.05, 0.1) is 24.3 Å². The van der Waals surface area contributed by atoms with Gasteiger partial charge in [-0.1, -0.05) is 30.7 Å². The van der Waals surface area contributed by atoms with Crippen LogP contribution in [0.3, 0.4) is 0 Å². The van der Waals surface area contributed by atoms with Gasteiger partial charge in [-0.05, 0) is 73.4 Å². The van der Waals surface area contributed by atoms with Gasteiger partial charge in [-0.25, -0.2) is 13.2 Å². The molecule has 0 amide bonds. The van der Waals surface area contributed by atoms with Crippen LogP contribution >= 0.6 is 0 Å². The fourth-order valence-electron chi connectivity index (χ4n) is 4.18. The second-order valence-corrected chi connectivity index (χ2v) is 10.3. The molecule has 4 rings (SSSR count). The SMILES string of the molecule is COc1ccc(C(=O)Oc2ccc(-c3ccc(C#N)cc3)cc2)cc1S(=O)(=O)N1CCCC[C@@H]1C. The van der Waals surface area contributed by atoms with Gasteiger partial charge in [0.15, 0.2) is 0 Å². The van der Waals surface area contributed by atoms with Gasteiger partial charge in [0, 0.05) is 12.6 Å². The smallest absolute Gasteiger partial charge is 0.343 e. The van der Waals surface area contributed by atoms with Crippen LogP contribution in [0.2, 0.25) is 0 Å². The molecule has 1 fully saturated rings. The largest absolute Gasteiger partial charge is 0.495 e. The molecule has 0 aliphatic carbocycles. The summed E-state index contributed by atoms with van der Waals surface area (Å²) in [5.74, 6) is -0.148. The Morgan fingerprint density at radius 2 is 1.66 bits per heavy atom. The molecule has 0 bridgehead atoms. The molecule has 0 unspecified atom stereocenters. The molecule has 0 spiro atoms. The summed E-state index contributed by atoms with van der Waals surface area (Å²) in [7, 11) is -2.44. The first-order valence-electron chi connectivity index (χ1n) is 11.4. The summed E-state index contributed by atoms with van der Waals surface area (Å²) < 4.78 is 39.1. The lowest BCUT2D eigenvalue weighted by atomic mass is 10.0. The van der Waals surface area contributed by atoms with Crippen LogP contribution in [0.5, 0.6) is 11.5 Å². The Morgan fingerprint density at radius 1 is 1.00 bits per heavy atom. The van der Waals surface area contributed by atoms with Crippen LogP contribution in [-0.2, 0) is 10.0 Å². The summed E-state index contributed by atoms with van der Waals surface area (Å²) in [6.07, 6.45) is 2.58. The lowest BCUT2D eigenvalue weighted by Gasteiger charge is -2.32. The summed E-state index contributed by atoms with van der Waals surface area (Å²) in [6.45, 7) is 2.33. The van der Waals surface area contributed by atoms with E-state index in [0.29, 0.717) is 17.9 Å². The molecule has 1 aliphatic heterocycles. The summed E-state index contributed by atoms with van der Waals surface area (Å²) in [5, 5.41) is 8.94. The van der Waals surface area contributed by atoms with Crippen molar-refractivity contribution >= 4 is 16.0 Å². The number of methoxy groups -OCH3 is 1. The summed E-state index contributed by atoms with van der Waals surface area (Å²) in [6, 6.07) is 20.4. The number of rotatable bonds is 6. The first-order valence-corrected chi connectivity index (χ1v) is 12.8. The number of hydrogen-bond acceptors (Lipinski definition) is 6. The normalized spacial score (nSPS) is 16.3. The average Bonchev–Trinajstić information content (AvgIpc) is 2.89. The number of carbonyl (C=O) groups excluding carboxylic acids is 1. The zero-order valence-corrected chi connectivity index (χ0v) is 20.4. The van der Waals surface area contributed by atoms with E-state index in [9.17, 15) is 13.2 Å². The van der Waals surface area contributed by atoms with Crippen molar-refractivity contribution < 1.29 is 22.7 Å². The maximum absolute atomic E-state index is 13.4. The Bertz CT molecular complexity index is 1360. The van der Waals surface area contributed by atoms with Gasteiger partial charge in [0.25, 0.3) is 0 Å². The third-order valence-electron chi connectivity index (χ3n) is 6.14. The highest BCUT2D eigenvalue weighted by molar-refractivity contribution is 7.89. The van der Waals surface area contributed by atoms with Gasteiger partial charge in [-0.3, -0.25) is 0 Å². The lowest BCUT2D eigenvalue weighted by molar-refractivity contribution is 0.0734. The van der Waals surface area contributed by atoms with Crippen molar-refractivity contribution in [2.75, 3.05) is 13.7 Å². The number of hydrogen-bond donors (Lipinski definition) is 0. The topological polar surface area (TPSA) is 96.7 Å². The Balaban J connectivity index is 1.55. The van der Waals surface area contributed by atoms with Crippen LogP contribution in [0, 0.1) is 11.3 Å². The molecular formula is C27H26N2O5S. The Hall–Kier alpha value is -3.67. The summed E-state index contributed by atoms with van der Waals surface area (Å²) >= 11 is 0. The van der Waals surface area contributed by atoms with Crippen LogP contribution in [0.4, 0.5) is 0 Å². The molecule has 1 heterocycles. The van der Waals surface area contributed by atoms with E-state index in [1.54, 1.807) is 24.3 Å². The standard InChI is InChI=1S/C27H26N2O5S/c1-19-5-3-4-16-29(19)35(31,32)26-17-23(12-15-25(26)33-2)27(30)34-24-13-10-22(11-14-24)21-8-6-20(18-28)7-9-21/h6-15,17,19H,3-5,16H2,1-2H3/t19-/m0/s1. The molecule has 0 aromatic heterocycles. The first-order chi connectivity index (χ1) is 16.8. The number of benzene rings is 3. The number of esters is 1. The molecule has 3 aromatic rings. The van der Waals surface area contributed by atoms with Crippen molar-refractivity contribution in [1.82, 2.24) is 4.31 Å². The van der Waals surface area contributed by atoms with E-state index < -0.39 is 16.0 Å². The second kappa shape index (κ2) is 10.3. The van der Waals surface area contributed by atoms with Gasteiger partial charge >= 0.3 is 5.97 Å². The van der Waals surface area contributed by atoms with Crippen LogP contribution in [0.1, 0.15) is 42.1 Å². The van der Waals surface area contributed by atoms with Crippen LogP contribution in [0.15, 0.2) is 71.6 Å². The van der Waals surface area contributed by atoms with Gasteiger partial charge in [0.1, 0.15) is 16.4 Å². The fraction of sp³-hybridized carbons (Fsp3) is 0.259. The molecule has 8 heteroatoms. The highest BCUT2D eigenvalue weighted by atomic mass is 32.2. The zero-order valence-electron chi connectivity index (χ0n) is 19.6. The van der Waals surface area contributed by atoms with Gasteiger partial charge in [0.2, 0.25) is 10.0 Å². The summed E-state index contributed by atoms with van der Waals surface area (Å²) in [5.41, 5.74) is 2.53. The van der Waals surface area contributed by atoms with Crippen molar-refractivity contribution in [2.24, 2.45) is 0 Å². The number of piperidine rings is 1. The minimum absolute atomic E-state index is 0.0423. The third kappa shape index (κ3) is 5.21. The van der Waals surface area contributed by atoms with Crippen molar-refractivity contribution in [2.45, 2.75) is 37.1 Å². The fourth-order valence-corrected chi connectivity index (χ4v) is 6.06. The molecule has 1 saturated heterocycles. The minimum Gasteiger partial charge on any atom is -0.495 e. The highest BCUT2D eigenvalue weighted by Crippen LogP contribution is 2.32. The molecule has 7 nitrogen and oxygen atoms in total. The molecule has 35 heavy (non-hydrogen) atoms. The lowest BCUT2D eigenvalue weighted by Crippen LogP contribution is -2.42. The van der Waals surface area contributed by atoms with E-state index in [0.717, 1.165) is 30.4 Å². The molecule has 1 atom stereocenters. The zero-order chi connectivity index (χ0) is 25.0. The molecular weight excluding hydrogens is 464 g/mol. The van der Waals surface area contributed by atoms with E-state index in [-0.39, 0.29) is 22.3 Å². The van der Waals surface area contributed by atoms with E-state index in [4.69, 9.17) is 14.7 Å². The van der Waals surface area contributed by atoms with Crippen molar-refractivity contribution in [3.8, 4) is 28.7 Å². The predicted octanol–water partition coefficient (Wildman–Crippen LogP) is 5.02. The van der Waals surface area contributed by atoms with Crippen LogP contribution in [0.25, 0.3) is 11.1 Å². The molecule has 1 aliphatic rings. The number of nitriles is 1. The van der Waals surface area contributed by atoms with Crippen molar-refractivity contribution in [1.29, 1.82) is 5.26 Å². The Morgan fingerprint density at radius 3 is 2.26 bits per heavy atom. The van der Waals surface area contributed by atoms with Crippen LogP contribution in [-0.4, -0.2) is 38.4 Å². The molecule has 3 aromatic carbocycles. The number of nitrogens with zero attached hydrogens (tertiary/aromatic N) is 2. The second-order valence-electron chi connectivity index (χ2n) is 8.43. The van der Waals surface area contributed by atoms with Gasteiger partial charge < -0.3 is 9.47 Å². The van der Waals surface area contributed by atoms with Gasteiger partial charge in [-0.2, -0.15) is 9.57 Å². The van der Waals surface area contributed by atoms with E-state index >= 15 is 0 Å². The van der Waals surface area contributed by atoms with Crippen LogP contribution < -0.4 is 9.47 Å². The summed E-state index contributed by atoms with van der Waals surface area (Å²) in [4.78, 5) is 12.8. The highest BCUT2D eigenvalue weighted by Gasteiger charge is 2.33. The quantitative estimate of drug-likeness (QED) is 0.356. The Kier molecular flexibility index (Phi) is 7.20. The van der Waals surface area contributed by atoms with Crippen molar-refractivity contribution in [3.63, 3.8) is 0 Å². The van der Waals surface area contributed by atoms with E-state index in [2.05, 4.69) is 6.07 Å². The minimum atomic E-state index is -3.84. The third-order valence-corrected chi connectivity index (χ3v) is 8.17. The van der Waals surface area contributed by atoms with Crippen molar-refractivity contribution in [3.05, 3.63) is 77.9 Å². The number of sulfonamides is 1. The maximum atomic E-state index is 13.4. The maximum Gasteiger partial charge on any atom is 0.343 e.